The maximum atomic E-state index is 10.5. The fraction of sp³-hybridized carbons (Fsp3) is 0.350. The number of aryl methyl sites for hydroxylation is 1. The number of unbranched alkanes of at least 4 members (excludes halogenated alkanes) is 1. The molecule has 0 aliphatic rings. The van der Waals surface area contributed by atoms with E-state index in [2.05, 4.69) is 0 Å². The molecule has 0 aliphatic heterocycles. The van der Waals surface area contributed by atoms with Gasteiger partial charge >= 0.3 is 5.97 Å². The second-order valence-corrected chi connectivity index (χ2v) is 5.61. The Kier molecular flexibility index (Phi) is 7.68. The summed E-state index contributed by atoms with van der Waals surface area (Å²) in [5.41, 5.74) is 1.14. The summed E-state index contributed by atoms with van der Waals surface area (Å²) in [4.78, 5) is 10.5. The molecule has 0 fully saturated rings. The minimum absolute atomic E-state index is 0.212. The molecule has 1 N–H and O–H groups in total. The number of benzene rings is 2. The Hall–Kier alpha value is -2.49. The molecule has 2 rings (SSSR count). The van der Waals surface area contributed by atoms with E-state index < -0.39 is 5.97 Å². The highest BCUT2D eigenvalue weighted by Gasteiger charge is 2.00. The van der Waals surface area contributed by atoms with Gasteiger partial charge in [-0.05, 0) is 55.5 Å². The summed E-state index contributed by atoms with van der Waals surface area (Å²) in [5, 5.41) is 8.63. The van der Waals surface area contributed by atoms with Gasteiger partial charge in [0.15, 0.2) is 0 Å². The molecule has 0 spiro atoms. The van der Waals surface area contributed by atoms with Crippen molar-refractivity contribution in [3.05, 3.63) is 60.2 Å². The summed E-state index contributed by atoms with van der Waals surface area (Å²) < 4.78 is 11.3. The van der Waals surface area contributed by atoms with Crippen molar-refractivity contribution in [1.82, 2.24) is 0 Å². The predicted octanol–water partition coefficient (Wildman–Crippen LogP) is 4.33. The zero-order valence-electron chi connectivity index (χ0n) is 13.8. The molecule has 4 nitrogen and oxygen atoms in total. The largest absolute Gasteiger partial charge is 0.494 e. The molecular weight excluding hydrogens is 304 g/mol. The number of carboxylic acids is 1. The standard InChI is InChI=1S/C20H24O4/c21-20(22)10-6-7-17-11-13-19(14-12-17)24-16-5-4-15-23-18-8-2-1-3-9-18/h1-3,8-9,11-14H,4-7,10,15-16H2,(H,21,22). The highest BCUT2D eigenvalue weighted by molar-refractivity contribution is 5.66. The van der Waals surface area contributed by atoms with Crippen molar-refractivity contribution in [2.45, 2.75) is 32.1 Å². The summed E-state index contributed by atoms with van der Waals surface area (Å²) in [5.74, 6) is 1.00. The third kappa shape index (κ3) is 7.18. The number of carboxylic acid groups (broad SMARTS) is 1. The average molecular weight is 328 g/mol. The molecule has 2 aromatic rings. The molecule has 0 radical (unpaired) electrons. The van der Waals surface area contributed by atoms with Crippen molar-refractivity contribution in [3.63, 3.8) is 0 Å². The Balaban J connectivity index is 1.56. The van der Waals surface area contributed by atoms with Crippen molar-refractivity contribution >= 4 is 5.97 Å². The van der Waals surface area contributed by atoms with Crippen LogP contribution in [-0.4, -0.2) is 24.3 Å². The van der Waals surface area contributed by atoms with E-state index in [0.717, 1.165) is 36.3 Å². The van der Waals surface area contributed by atoms with Gasteiger partial charge in [-0.3, -0.25) is 4.79 Å². The third-order valence-corrected chi connectivity index (χ3v) is 3.60. The first-order valence-electron chi connectivity index (χ1n) is 8.35. The molecule has 0 saturated carbocycles. The van der Waals surface area contributed by atoms with E-state index in [1.807, 2.05) is 54.6 Å². The van der Waals surface area contributed by atoms with Crippen molar-refractivity contribution in [3.8, 4) is 11.5 Å². The Morgan fingerprint density at radius 2 is 1.38 bits per heavy atom. The summed E-state index contributed by atoms with van der Waals surface area (Å²) >= 11 is 0. The van der Waals surface area contributed by atoms with Gasteiger partial charge in [0.05, 0.1) is 13.2 Å². The Morgan fingerprint density at radius 3 is 1.96 bits per heavy atom. The number of rotatable bonds is 11. The van der Waals surface area contributed by atoms with Gasteiger partial charge < -0.3 is 14.6 Å². The van der Waals surface area contributed by atoms with Crippen molar-refractivity contribution in [1.29, 1.82) is 0 Å². The zero-order chi connectivity index (χ0) is 17.0. The van der Waals surface area contributed by atoms with E-state index in [1.165, 1.54) is 0 Å². The van der Waals surface area contributed by atoms with Crippen LogP contribution in [-0.2, 0) is 11.2 Å². The third-order valence-electron chi connectivity index (χ3n) is 3.60. The first kappa shape index (κ1) is 17.9. The van der Waals surface area contributed by atoms with Crippen LogP contribution >= 0.6 is 0 Å². The van der Waals surface area contributed by atoms with E-state index >= 15 is 0 Å². The van der Waals surface area contributed by atoms with Crippen molar-refractivity contribution in [2.75, 3.05) is 13.2 Å². The molecule has 0 aliphatic carbocycles. The van der Waals surface area contributed by atoms with Gasteiger partial charge in [0, 0.05) is 6.42 Å². The minimum atomic E-state index is -0.744. The minimum Gasteiger partial charge on any atom is -0.494 e. The second kappa shape index (κ2) is 10.3. The molecule has 0 heterocycles. The van der Waals surface area contributed by atoms with Gasteiger partial charge in [0.2, 0.25) is 0 Å². The van der Waals surface area contributed by atoms with Crippen LogP contribution < -0.4 is 9.47 Å². The van der Waals surface area contributed by atoms with Gasteiger partial charge in [-0.1, -0.05) is 30.3 Å². The normalized spacial score (nSPS) is 10.3. The highest BCUT2D eigenvalue weighted by Crippen LogP contribution is 2.14. The molecule has 0 aromatic heterocycles. The lowest BCUT2D eigenvalue weighted by Gasteiger charge is -2.08. The van der Waals surface area contributed by atoms with Crippen LogP contribution in [0.4, 0.5) is 0 Å². The maximum absolute atomic E-state index is 10.5. The fourth-order valence-corrected chi connectivity index (χ4v) is 2.30. The Morgan fingerprint density at radius 1 is 0.792 bits per heavy atom. The molecule has 128 valence electrons. The van der Waals surface area contributed by atoms with Crippen molar-refractivity contribution in [2.24, 2.45) is 0 Å². The number of aliphatic carboxylic acids is 1. The lowest BCUT2D eigenvalue weighted by molar-refractivity contribution is -0.137. The number of hydrogen-bond donors (Lipinski definition) is 1. The molecule has 0 amide bonds. The molecule has 0 bridgehead atoms. The van der Waals surface area contributed by atoms with E-state index in [9.17, 15) is 4.79 Å². The number of hydrogen-bond acceptors (Lipinski definition) is 3. The fourth-order valence-electron chi connectivity index (χ4n) is 2.30. The van der Waals surface area contributed by atoms with E-state index in [-0.39, 0.29) is 6.42 Å². The summed E-state index contributed by atoms with van der Waals surface area (Å²) in [6, 6.07) is 17.7. The molecule has 24 heavy (non-hydrogen) atoms. The van der Waals surface area contributed by atoms with Crippen LogP contribution in [0.3, 0.4) is 0 Å². The van der Waals surface area contributed by atoms with E-state index in [4.69, 9.17) is 14.6 Å². The van der Waals surface area contributed by atoms with Crippen LogP contribution in [0.1, 0.15) is 31.2 Å². The van der Waals surface area contributed by atoms with E-state index in [1.54, 1.807) is 0 Å². The smallest absolute Gasteiger partial charge is 0.303 e. The van der Waals surface area contributed by atoms with Gasteiger partial charge in [-0.25, -0.2) is 0 Å². The molecular formula is C20H24O4. The topological polar surface area (TPSA) is 55.8 Å². The summed E-state index contributed by atoms with van der Waals surface area (Å²) in [6.45, 7) is 1.35. The van der Waals surface area contributed by atoms with Crippen LogP contribution in [0, 0.1) is 0 Å². The van der Waals surface area contributed by atoms with Crippen LogP contribution in [0.25, 0.3) is 0 Å². The molecule has 0 atom stereocenters. The highest BCUT2D eigenvalue weighted by atomic mass is 16.5. The van der Waals surface area contributed by atoms with Gasteiger partial charge in [0.1, 0.15) is 11.5 Å². The van der Waals surface area contributed by atoms with Crippen LogP contribution in [0.2, 0.25) is 0 Å². The van der Waals surface area contributed by atoms with Gasteiger partial charge in [-0.2, -0.15) is 0 Å². The van der Waals surface area contributed by atoms with E-state index in [0.29, 0.717) is 19.6 Å². The van der Waals surface area contributed by atoms with Gasteiger partial charge in [-0.15, -0.1) is 0 Å². The van der Waals surface area contributed by atoms with Crippen molar-refractivity contribution < 1.29 is 19.4 Å². The average Bonchev–Trinajstić information content (AvgIpc) is 2.60. The lowest BCUT2D eigenvalue weighted by atomic mass is 10.1. The maximum Gasteiger partial charge on any atom is 0.303 e. The van der Waals surface area contributed by atoms with Gasteiger partial charge in [0.25, 0.3) is 0 Å². The van der Waals surface area contributed by atoms with Crippen LogP contribution in [0.15, 0.2) is 54.6 Å². The molecule has 0 saturated heterocycles. The number of para-hydroxylation sites is 1. The Bertz CT molecular complexity index is 593. The SMILES string of the molecule is O=C(O)CCCc1ccc(OCCCCOc2ccccc2)cc1. The first-order chi connectivity index (χ1) is 11.7. The number of ether oxygens (including phenoxy) is 2. The zero-order valence-corrected chi connectivity index (χ0v) is 13.8. The summed E-state index contributed by atoms with van der Waals surface area (Å²) in [7, 11) is 0. The quantitative estimate of drug-likeness (QED) is 0.624. The predicted molar refractivity (Wildman–Crippen MR) is 93.7 cm³/mol. The molecule has 2 aromatic carbocycles. The summed E-state index contributed by atoms with van der Waals surface area (Å²) in [6.07, 6.45) is 3.54. The Labute approximate surface area is 143 Å². The molecule has 0 unspecified atom stereocenters. The lowest BCUT2D eigenvalue weighted by Crippen LogP contribution is -2.02. The van der Waals surface area contributed by atoms with Crippen LogP contribution in [0.5, 0.6) is 11.5 Å². The second-order valence-electron chi connectivity index (χ2n) is 5.61. The molecule has 4 heteroatoms. The first-order valence-corrected chi connectivity index (χ1v) is 8.35. The number of carbonyl (C=O) groups is 1. The monoisotopic (exact) mass is 328 g/mol.